The maximum atomic E-state index is 13.7. The van der Waals surface area contributed by atoms with E-state index in [1.165, 1.54) is 6.07 Å². The van der Waals surface area contributed by atoms with E-state index in [0.29, 0.717) is 5.56 Å². The number of hydrogen-bond donors (Lipinski definition) is 1. The van der Waals surface area contributed by atoms with Crippen LogP contribution in [0.2, 0.25) is 0 Å². The summed E-state index contributed by atoms with van der Waals surface area (Å²) in [5.74, 6) is -0.255. The molecule has 2 aromatic rings. The Kier molecular flexibility index (Phi) is 3.54. The summed E-state index contributed by atoms with van der Waals surface area (Å²) in [5.41, 5.74) is 7.75. The van der Waals surface area contributed by atoms with E-state index < -0.39 is 0 Å². The summed E-state index contributed by atoms with van der Waals surface area (Å²) in [7, 11) is 0. The number of rotatable bonds is 4. The van der Waals surface area contributed by atoms with Crippen LogP contribution in [0.15, 0.2) is 30.5 Å². The third-order valence-corrected chi connectivity index (χ3v) is 2.72. The zero-order chi connectivity index (χ0) is 12.3. The van der Waals surface area contributed by atoms with Crippen LogP contribution in [-0.4, -0.2) is 9.78 Å². The summed E-state index contributed by atoms with van der Waals surface area (Å²) in [6.45, 7) is 3.15. The lowest BCUT2D eigenvalue weighted by molar-refractivity contribution is 0.603. The molecule has 0 spiro atoms. The van der Waals surface area contributed by atoms with Crippen molar-refractivity contribution in [2.45, 2.75) is 26.4 Å². The summed E-state index contributed by atoms with van der Waals surface area (Å²) in [5, 5.41) is 4.22. The molecule has 1 aromatic heterocycles. The molecule has 0 atom stereocenters. The Morgan fingerprint density at radius 3 is 2.82 bits per heavy atom. The van der Waals surface area contributed by atoms with Gasteiger partial charge in [-0.3, -0.25) is 4.68 Å². The molecule has 0 radical (unpaired) electrons. The van der Waals surface area contributed by atoms with Gasteiger partial charge >= 0.3 is 0 Å². The average molecular weight is 233 g/mol. The molecule has 2 rings (SSSR count). The lowest BCUT2D eigenvalue weighted by atomic mass is 10.1. The zero-order valence-electron chi connectivity index (χ0n) is 9.86. The minimum absolute atomic E-state index is 0.223. The van der Waals surface area contributed by atoms with Gasteiger partial charge in [-0.2, -0.15) is 5.10 Å². The molecular formula is C13H16FN3. The molecule has 0 unspecified atom stereocenters. The summed E-state index contributed by atoms with van der Waals surface area (Å²) in [6.07, 6.45) is 2.73. The van der Waals surface area contributed by atoms with Crippen molar-refractivity contribution < 1.29 is 4.39 Å². The van der Waals surface area contributed by atoms with Crippen LogP contribution < -0.4 is 5.73 Å². The molecule has 0 aliphatic heterocycles. The van der Waals surface area contributed by atoms with E-state index in [-0.39, 0.29) is 12.4 Å². The SMILES string of the molecule is CCCn1nccc1-c1ccc(CN)c(F)c1. The van der Waals surface area contributed by atoms with Gasteiger partial charge in [0.15, 0.2) is 0 Å². The van der Waals surface area contributed by atoms with Gasteiger partial charge in [0, 0.05) is 30.4 Å². The summed E-state index contributed by atoms with van der Waals surface area (Å²) in [4.78, 5) is 0. The van der Waals surface area contributed by atoms with Gasteiger partial charge in [0.05, 0.1) is 5.69 Å². The van der Waals surface area contributed by atoms with Gasteiger partial charge in [-0.1, -0.05) is 19.1 Å². The van der Waals surface area contributed by atoms with Crippen LogP contribution in [0.5, 0.6) is 0 Å². The van der Waals surface area contributed by atoms with Crippen LogP contribution in [0, 0.1) is 5.82 Å². The van der Waals surface area contributed by atoms with E-state index in [4.69, 9.17) is 5.73 Å². The molecule has 0 saturated heterocycles. The molecule has 0 aliphatic carbocycles. The van der Waals surface area contributed by atoms with Crippen molar-refractivity contribution >= 4 is 0 Å². The Morgan fingerprint density at radius 1 is 1.35 bits per heavy atom. The van der Waals surface area contributed by atoms with Gasteiger partial charge in [-0.25, -0.2) is 4.39 Å². The minimum Gasteiger partial charge on any atom is -0.326 e. The fraction of sp³-hybridized carbons (Fsp3) is 0.308. The quantitative estimate of drug-likeness (QED) is 0.882. The predicted molar refractivity (Wildman–Crippen MR) is 65.8 cm³/mol. The van der Waals surface area contributed by atoms with Crippen LogP contribution >= 0.6 is 0 Å². The summed E-state index contributed by atoms with van der Waals surface area (Å²) in [6, 6.07) is 7.03. The van der Waals surface area contributed by atoms with Crippen molar-refractivity contribution in [1.82, 2.24) is 9.78 Å². The van der Waals surface area contributed by atoms with Crippen molar-refractivity contribution in [3.63, 3.8) is 0 Å². The first-order valence-corrected chi connectivity index (χ1v) is 5.77. The van der Waals surface area contributed by atoms with Gasteiger partial charge in [0.25, 0.3) is 0 Å². The van der Waals surface area contributed by atoms with Gasteiger partial charge < -0.3 is 5.73 Å². The number of hydrogen-bond acceptors (Lipinski definition) is 2. The predicted octanol–water partition coefficient (Wildman–Crippen LogP) is 2.56. The lowest BCUT2D eigenvalue weighted by Gasteiger charge is -2.07. The van der Waals surface area contributed by atoms with Crippen molar-refractivity contribution in [2.75, 3.05) is 0 Å². The molecule has 0 fully saturated rings. The first-order valence-electron chi connectivity index (χ1n) is 5.77. The molecule has 90 valence electrons. The Morgan fingerprint density at radius 2 is 2.18 bits per heavy atom. The molecule has 2 N–H and O–H groups in total. The molecular weight excluding hydrogens is 217 g/mol. The molecule has 0 amide bonds. The number of halogens is 1. The monoisotopic (exact) mass is 233 g/mol. The van der Waals surface area contributed by atoms with Crippen molar-refractivity contribution in [3.8, 4) is 11.3 Å². The molecule has 0 bridgehead atoms. The maximum absolute atomic E-state index is 13.7. The number of aryl methyl sites for hydroxylation is 1. The lowest BCUT2D eigenvalue weighted by Crippen LogP contribution is -2.03. The third-order valence-electron chi connectivity index (χ3n) is 2.72. The Labute approximate surface area is 100 Å². The topological polar surface area (TPSA) is 43.8 Å². The fourth-order valence-corrected chi connectivity index (χ4v) is 1.84. The second-order valence-electron chi connectivity index (χ2n) is 3.95. The highest BCUT2D eigenvalue weighted by molar-refractivity contribution is 5.59. The molecule has 17 heavy (non-hydrogen) atoms. The average Bonchev–Trinajstić information content (AvgIpc) is 2.78. The van der Waals surface area contributed by atoms with Crippen LogP contribution in [0.3, 0.4) is 0 Å². The second kappa shape index (κ2) is 5.10. The molecule has 3 nitrogen and oxygen atoms in total. The third kappa shape index (κ3) is 2.36. The van der Waals surface area contributed by atoms with E-state index in [2.05, 4.69) is 12.0 Å². The molecule has 0 aliphatic rings. The fourth-order valence-electron chi connectivity index (χ4n) is 1.84. The molecule has 0 saturated carbocycles. The van der Waals surface area contributed by atoms with Crippen molar-refractivity contribution in [2.24, 2.45) is 5.73 Å². The van der Waals surface area contributed by atoms with E-state index in [1.54, 1.807) is 12.3 Å². The first kappa shape index (κ1) is 11.8. The highest BCUT2D eigenvalue weighted by atomic mass is 19.1. The van der Waals surface area contributed by atoms with E-state index >= 15 is 0 Å². The van der Waals surface area contributed by atoms with E-state index in [9.17, 15) is 4.39 Å². The number of benzene rings is 1. The van der Waals surface area contributed by atoms with Crippen LogP contribution in [0.4, 0.5) is 4.39 Å². The molecule has 1 aromatic carbocycles. The summed E-state index contributed by atoms with van der Waals surface area (Å²) < 4.78 is 15.5. The highest BCUT2D eigenvalue weighted by Crippen LogP contribution is 2.21. The largest absolute Gasteiger partial charge is 0.326 e. The van der Waals surface area contributed by atoms with Gasteiger partial charge in [0.1, 0.15) is 5.82 Å². The Hall–Kier alpha value is -1.68. The van der Waals surface area contributed by atoms with Crippen LogP contribution in [0.1, 0.15) is 18.9 Å². The number of nitrogens with two attached hydrogens (primary N) is 1. The smallest absolute Gasteiger partial charge is 0.128 e. The first-order chi connectivity index (χ1) is 8.26. The highest BCUT2D eigenvalue weighted by Gasteiger charge is 2.07. The van der Waals surface area contributed by atoms with Crippen molar-refractivity contribution in [1.29, 1.82) is 0 Å². The summed E-state index contributed by atoms with van der Waals surface area (Å²) >= 11 is 0. The minimum atomic E-state index is -0.255. The van der Waals surface area contributed by atoms with Crippen LogP contribution in [0.25, 0.3) is 11.3 Å². The molecule has 4 heteroatoms. The van der Waals surface area contributed by atoms with Crippen LogP contribution in [-0.2, 0) is 13.1 Å². The van der Waals surface area contributed by atoms with Crippen molar-refractivity contribution in [3.05, 3.63) is 41.8 Å². The zero-order valence-corrected chi connectivity index (χ0v) is 9.86. The van der Waals surface area contributed by atoms with E-state index in [1.807, 2.05) is 16.8 Å². The maximum Gasteiger partial charge on any atom is 0.128 e. The Bertz CT molecular complexity index is 505. The Balaban J connectivity index is 2.39. The number of nitrogens with zero attached hydrogens (tertiary/aromatic N) is 2. The number of aromatic nitrogens is 2. The van der Waals surface area contributed by atoms with Gasteiger partial charge in [-0.15, -0.1) is 0 Å². The standard InChI is InChI=1S/C13H16FN3/c1-2-7-17-13(5-6-16-17)10-3-4-11(9-15)12(14)8-10/h3-6,8H,2,7,9,15H2,1H3. The second-order valence-corrected chi connectivity index (χ2v) is 3.95. The molecule has 1 heterocycles. The van der Waals surface area contributed by atoms with Gasteiger partial charge in [0.2, 0.25) is 0 Å². The van der Waals surface area contributed by atoms with Gasteiger partial charge in [-0.05, 0) is 18.6 Å². The van der Waals surface area contributed by atoms with E-state index in [0.717, 1.165) is 24.2 Å². The normalized spacial score (nSPS) is 10.8.